The number of hydrogen-bond acceptors (Lipinski definition) is 4. The maximum absolute atomic E-state index is 12.5. The van der Waals surface area contributed by atoms with Crippen LogP contribution in [0.5, 0.6) is 0 Å². The van der Waals surface area contributed by atoms with E-state index in [-0.39, 0.29) is 5.56 Å². The van der Waals surface area contributed by atoms with Crippen molar-refractivity contribution >= 4 is 11.5 Å². The normalized spacial score (nSPS) is 27.2. The van der Waals surface area contributed by atoms with Gasteiger partial charge in [0.2, 0.25) is 0 Å². The van der Waals surface area contributed by atoms with E-state index in [2.05, 4.69) is 51.2 Å². The second-order valence-electron chi connectivity index (χ2n) is 8.45. The molecule has 2 aromatic rings. The van der Waals surface area contributed by atoms with Gasteiger partial charge >= 0.3 is 0 Å². The van der Waals surface area contributed by atoms with Gasteiger partial charge in [-0.25, -0.2) is 0 Å². The minimum Gasteiger partial charge on any atom is -0.378 e. The van der Waals surface area contributed by atoms with Crippen LogP contribution in [-0.4, -0.2) is 43.9 Å². The molecule has 1 aliphatic carbocycles. The Morgan fingerprint density at radius 2 is 1.89 bits per heavy atom. The number of hydrogen-bond donors (Lipinski definition) is 1. The molecule has 3 atom stereocenters. The number of nitrogens with zero attached hydrogens (tertiary/aromatic N) is 2. The highest BCUT2D eigenvalue weighted by Crippen LogP contribution is 2.44. The summed E-state index contributed by atoms with van der Waals surface area (Å²) in [6, 6.07) is 15.2. The molecule has 1 N–H and O–H groups in total. The monoisotopic (exact) mass is 379 g/mol. The van der Waals surface area contributed by atoms with Crippen molar-refractivity contribution in [1.82, 2.24) is 4.98 Å². The minimum atomic E-state index is -0.00508. The fourth-order valence-corrected chi connectivity index (χ4v) is 5.49. The fourth-order valence-electron chi connectivity index (χ4n) is 5.49. The van der Waals surface area contributed by atoms with Crippen LogP contribution in [0.15, 0.2) is 47.3 Å². The van der Waals surface area contributed by atoms with Crippen LogP contribution in [0.3, 0.4) is 0 Å². The lowest BCUT2D eigenvalue weighted by molar-refractivity contribution is 0.122. The number of H-pyrrole nitrogens is 1. The van der Waals surface area contributed by atoms with Crippen LogP contribution in [0.2, 0.25) is 0 Å². The number of benzene rings is 1. The molecule has 0 unspecified atom stereocenters. The molecule has 5 heteroatoms. The molecule has 2 saturated heterocycles. The minimum absolute atomic E-state index is 0.00508. The van der Waals surface area contributed by atoms with Crippen molar-refractivity contribution in [1.29, 1.82) is 0 Å². The molecule has 3 heterocycles. The second-order valence-corrected chi connectivity index (χ2v) is 8.45. The Balaban J connectivity index is 1.46. The molecule has 28 heavy (non-hydrogen) atoms. The number of ether oxygens (including phenoxy) is 1. The van der Waals surface area contributed by atoms with E-state index in [9.17, 15) is 4.79 Å². The van der Waals surface area contributed by atoms with E-state index >= 15 is 0 Å². The Hall–Kier alpha value is -2.27. The molecule has 1 aromatic carbocycles. The lowest BCUT2D eigenvalue weighted by Crippen LogP contribution is -2.38. The van der Waals surface area contributed by atoms with Gasteiger partial charge in [0.05, 0.1) is 13.2 Å². The molecule has 0 radical (unpaired) electrons. The molecule has 1 saturated carbocycles. The Morgan fingerprint density at radius 1 is 1.07 bits per heavy atom. The van der Waals surface area contributed by atoms with Crippen molar-refractivity contribution in [3.63, 3.8) is 0 Å². The second kappa shape index (κ2) is 7.63. The van der Waals surface area contributed by atoms with Gasteiger partial charge < -0.3 is 19.5 Å². The van der Waals surface area contributed by atoms with Crippen molar-refractivity contribution in [3.05, 3.63) is 58.4 Å². The number of fused-ring (bicyclic) bond motifs is 1. The van der Waals surface area contributed by atoms with E-state index in [0.717, 1.165) is 62.6 Å². The third-order valence-corrected chi connectivity index (χ3v) is 6.83. The van der Waals surface area contributed by atoms with Gasteiger partial charge in [-0.15, -0.1) is 0 Å². The van der Waals surface area contributed by atoms with E-state index in [4.69, 9.17) is 4.74 Å². The molecule has 5 nitrogen and oxygen atoms in total. The molecule has 0 bridgehead atoms. The summed E-state index contributed by atoms with van der Waals surface area (Å²) in [5, 5.41) is 0. The summed E-state index contributed by atoms with van der Waals surface area (Å²) in [4.78, 5) is 20.4. The Morgan fingerprint density at radius 3 is 2.71 bits per heavy atom. The summed E-state index contributed by atoms with van der Waals surface area (Å²) in [7, 11) is 0. The standard InChI is InChI=1S/C23H29N3O2/c27-23-15-19(25-9-11-28-12-10-25)14-22(24-23)26-16-18-7-4-8-20(18)21(26)13-17-5-2-1-3-6-17/h1-3,5-6,14-15,18,20-21H,4,7-13,16H2,(H,24,27)/t18-,20-,21+/m0/s1. The van der Waals surface area contributed by atoms with E-state index in [0.29, 0.717) is 6.04 Å². The lowest BCUT2D eigenvalue weighted by atomic mass is 9.90. The third-order valence-electron chi connectivity index (χ3n) is 6.83. The maximum Gasteiger partial charge on any atom is 0.251 e. The van der Waals surface area contributed by atoms with Gasteiger partial charge in [-0.3, -0.25) is 4.79 Å². The number of nitrogens with one attached hydrogen (secondary N) is 1. The van der Waals surface area contributed by atoms with Crippen molar-refractivity contribution in [2.24, 2.45) is 11.8 Å². The molecular weight excluding hydrogens is 350 g/mol. The molecule has 0 spiro atoms. The van der Waals surface area contributed by atoms with E-state index < -0.39 is 0 Å². The van der Waals surface area contributed by atoms with E-state index in [1.54, 1.807) is 6.07 Å². The number of rotatable bonds is 4. The van der Waals surface area contributed by atoms with Gasteiger partial charge in [-0.1, -0.05) is 36.8 Å². The van der Waals surface area contributed by atoms with Crippen LogP contribution in [0.25, 0.3) is 0 Å². The van der Waals surface area contributed by atoms with Crippen LogP contribution >= 0.6 is 0 Å². The number of aromatic amines is 1. The van der Waals surface area contributed by atoms with Crippen molar-refractivity contribution in [2.45, 2.75) is 31.7 Å². The first-order chi connectivity index (χ1) is 13.8. The van der Waals surface area contributed by atoms with Crippen LogP contribution < -0.4 is 15.4 Å². The third kappa shape index (κ3) is 3.44. The van der Waals surface area contributed by atoms with Gasteiger partial charge in [-0.05, 0) is 36.7 Å². The van der Waals surface area contributed by atoms with Gasteiger partial charge in [0.1, 0.15) is 5.82 Å². The zero-order chi connectivity index (χ0) is 18.9. The summed E-state index contributed by atoms with van der Waals surface area (Å²) in [5.41, 5.74) is 2.41. The molecule has 148 valence electrons. The Bertz CT molecular complexity index is 860. The quantitative estimate of drug-likeness (QED) is 0.887. The highest BCUT2D eigenvalue weighted by Gasteiger charge is 2.44. The molecular formula is C23H29N3O2. The van der Waals surface area contributed by atoms with Crippen LogP contribution in [0.4, 0.5) is 11.5 Å². The lowest BCUT2D eigenvalue weighted by Gasteiger charge is -2.32. The number of morpholine rings is 1. The number of aromatic nitrogens is 1. The molecule has 5 rings (SSSR count). The Labute approximate surface area is 166 Å². The summed E-state index contributed by atoms with van der Waals surface area (Å²) < 4.78 is 5.48. The van der Waals surface area contributed by atoms with Crippen molar-refractivity contribution in [2.75, 3.05) is 42.6 Å². The highest BCUT2D eigenvalue weighted by molar-refractivity contribution is 5.56. The van der Waals surface area contributed by atoms with Gasteiger partial charge in [0, 0.05) is 43.5 Å². The number of anilines is 2. The van der Waals surface area contributed by atoms with Crippen LogP contribution in [0.1, 0.15) is 24.8 Å². The zero-order valence-electron chi connectivity index (χ0n) is 16.3. The summed E-state index contributed by atoms with van der Waals surface area (Å²) in [6.45, 7) is 4.22. The molecule has 3 fully saturated rings. The molecule has 2 aliphatic heterocycles. The van der Waals surface area contributed by atoms with Crippen molar-refractivity contribution in [3.8, 4) is 0 Å². The predicted octanol–water partition coefficient (Wildman–Crippen LogP) is 3.06. The van der Waals surface area contributed by atoms with E-state index in [1.165, 1.54) is 24.8 Å². The van der Waals surface area contributed by atoms with Gasteiger partial charge in [-0.2, -0.15) is 0 Å². The first-order valence-electron chi connectivity index (χ1n) is 10.7. The summed E-state index contributed by atoms with van der Waals surface area (Å²) >= 11 is 0. The average molecular weight is 380 g/mol. The first kappa shape index (κ1) is 17.8. The first-order valence-corrected chi connectivity index (χ1v) is 10.7. The van der Waals surface area contributed by atoms with Crippen LogP contribution in [-0.2, 0) is 11.2 Å². The zero-order valence-corrected chi connectivity index (χ0v) is 16.3. The number of pyridine rings is 1. The molecule has 0 amide bonds. The average Bonchev–Trinajstić information content (AvgIpc) is 3.32. The smallest absolute Gasteiger partial charge is 0.251 e. The predicted molar refractivity (Wildman–Crippen MR) is 112 cm³/mol. The largest absolute Gasteiger partial charge is 0.378 e. The molecule has 3 aliphatic rings. The van der Waals surface area contributed by atoms with Gasteiger partial charge in [0.15, 0.2) is 0 Å². The fraction of sp³-hybridized carbons (Fsp3) is 0.522. The van der Waals surface area contributed by atoms with Crippen LogP contribution in [0, 0.1) is 11.8 Å². The maximum atomic E-state index is 12.5. The SMILES string of the molecule is O=c1cc(N2CCOCC2)cc(N2C[C@@H]3CCC[C@@H]3[C@H]2Cc2ccccc2)[nH]1. The Kier molecular flexibility index (Phi) is 4.85. The van der Waals surface area contributed by atoms with E-state index in [1.807, 2.05) is 0 Å². The van der Waals surface area contributed by atoms with Crippen molar-refractivity contribution < 1.29 is 4.74 Å². The molecule has 1 aromatic heterocycles. The topological polar surface area (TPSA) is 48.6 Å². The summed E-state index contributed by atoms with van der Waals surface area (Å²) in [6.07, 6.45) is 5.02. The highest BCUT2D eigenvalue weighted by atomic mass is 16.5. The summed E-state index contributed by atoms with van der Waals surface area (Å²) in [5.74, 6) is 2.48. The van der Waals surface area contributed by atoms with Gasteiger partial charge in [0.25, 0.3) is 5.56 Å².